The topological polar surface area (TPSA) is 52.4 Å². The Morgan fingerprint density at radius 2 is 2.11 bits per heavy atom. The first-order chi connectivity index (χ1) is 8.86. The number of ether oxygens (including phenoxy) is 1. The number of alkyl halides is 3. The Balaban J connectivity index is 2.93. The second kappa shape index (κ2) is 6.09. The number of nitro benzene ring substituents is 1. The van der Waals surface area contributed by atoms with Gasteiger partial charge in [0.25, 0.3) is 0 Å². The van der Waals surface area contributed by atoms with E-state index < -0.39 is 22.4 Å². The number of nitro groups is 1. The monoisotopic (exact) mass is 273 g/mol. The maximum Gasteiger partial charge on any atom is 0.416 e. The van der Waals surface area contributed by atoms with Crippen molar-refractivity contribution in [1.82, 2.24) is 0 Å². The maximum absolute atomic E-state index is 12.4. The third kappa shape index (κ3) is 4.17. The van der Waals surface area contributed by atoms with E-state index in [9.17, 15) is 23.3 Å². The predicted octanol–water partition coefficient (Wildman–Crippen LogP) is 3.41. The van der Waals surface area contributed by atoms with Crippen molar-refractivity contribution in [3.05, 3.63) is 33.9 Å². The zero-order valence-electron chi connectivity index (χ0n) is 9.74. The molecule has 0 saturated heterocycles. The van der Waals surface area contributed by atoms with Gasteiger partial charge in [-0.25, -0.2) is 0 Å². The van der Waals surface area contributed by atoms with Crippen LogP contribution in [0.5, 0.6) is 5.75 Å². The van der Waals surface area contributed by atoms with Crippen LogP contribution in [-0.4, -0.2) is 11.5 Å². The van der Waals surface area contributed by atoms with Gasteiger partial charge >= 0.3 is 11.9 Å². The van der Waals surface area contributed by atoms with Crippen LogP contribution >= 0.6 is 0 Å². The van der Waals surface area contributed by atoms with E-state index in [4.69, 9.17) is 11.2 Å². The molecule has 0 amide bonds. The lowest BCUT2D eigenvalue weighted by Gasteiger charge is -2.09. The van der Waals surface area contributed by atoms with Crippen molar-refractivity contribution in [2.45, 2.75) is 19.0 Å². The second-order valence-corrected chi connectivity index (χ2v) is 3.59. The largest absolute Gasteiger partial charge is 0.487 e. The van der Waals surface area contributed by atoms with Gasteiger partial charge in [0, 0.05) is 12.5 Å². The molecule has 1 aromatic rings. The Morgan fingerprint density at radius 3 is 2.63 bits per heavy atom. The van der Waals surface area contributed by atoms with Crippen LogP contribution in [0.3, 0.4) is 0 Å². The molecule has 0 radical (unpaired) electrons. The molecule has 0 heterocycles. The van der Waals surface area contributed by atoms with Crippen LogP contribution in [0.25, 0.3) is 0 Å². The van der Waals surface area contributed by atoms with Gasteiger partial charge in [0.2, 0.25) is 0 Å². The molecule has 1 aromatic carbocycles. The molecule has 19 heavy (non-hydrogen) atoms. The average molecular weight is 273 g/mol. The first-order valence-corrected chi connectivity index (χ1v) is 5.28. The van der Waals surface area contributed by atoms with E-state index in [1.807, 2.05) is 0 Å². The number of terminal acetylenes is 1. The Morgan fingerprint density at radius 1 is 1.42 bits per heavy atom. The average Bonchev–Trinajstić information content (AvgIpc) is 2.33. The van der Waals surface area contributed by atoms with Crippen molar-refractivity contribution in [3.8, 4) is 18.1 Å². The number of nitrogens with zero attached hydrogens (tertiary/aromatic N) is 1. The minimum atomic E-state index is -4.63. The van der Waals surface area contributed by atoms with E-state index in [1.165, 1.54) is 0 Å². The van der Waals surface area contributed by atoms with Gasteiger partial charge in [0.15, 0.2) is 5.75 Å². The molecule has 0 atom stereocenters. The molecule has 102 valence electrons. The van der Waals surface area contributed by atoms with Gasteiger partial charge in [-0.2, -0.15) is 13.2 Å². The van der Waals surface area contributed by atoms with Crippen molar-refractivity contribution in [3.63, 3.8) is 0 Å². The summed E-state index contributed by atoms with van der Waals surface area (Å²) in [6.45, 7) is 0.108. The fourth-order valence-electron chi connectivity index (χ4n) is 1.31. The zero-order chi connectivity index (χ0) is 14.5. The predicted molar refractivity (Wildman–Crippen MR) is 61.7 cm³/mol. The third-order valence-electron chi connectivity index (χ3n) is 2.21. The van der Waals surface area contributed by atoms with Crippen LogP contribution in [0, 0.1) is 22.5 Å². The number of rotatable bonds is 5. The molecule has 4 nitrogen and oxygen atoms in total. The summed E-state index contributed by atoms with van der Waals surface area (Å²) in [5, 5.41) is 10.7. The van der Waals surface area contributed by atoms with Crippen LogP contribution in [-0.2, 0) is 6.18 Å². The lowest BCUT2D eigenvalue weighted by atomic mass is 10.2. The quantitative estimate of drug-likeness (QED) is 0.357. The number of hydrogen-bond donors (Lipinski definition) is 0. The van der Waals surface area contributed by atoms with Crippen LogP contribution in [0.15, 0.2) is 18.2 Å². The SMILES string of the molecule is C#CCCCOc1ccc(C(F)(F)F)cc1[N+](=O)[O-]. The molecule has 0 aliphatic rings. The fraction of sp³-hybridized carbons (Fsp3) is 0.333. The number of unbranched alkanes of at least 4 members (excludes halogenated alkanes) is 1. The van der Waals surface area contributed by atoms with Gasteiger partial charge in [0.05, 0.1) is 17.1 Å². The van der Waals surface area contributed by atoms with Gasteiger partial charge in [-0.05, 0) is 18.6 Å². The molecule has 0 N–H and O–H groups in total. The fourth-order valence-corrected chi connectivity index (χ4v) is 1.31. The molecule has 7 heteroatoms. The number of hydrogen-bond acceptors (Lipinski definition) is 3. The smallest absolute Gasteiger partial charge is 0.416 e. The molecule has 0 unspecified atom stereocenters. The molecule has 0 spiro atoms. The normalized spacial score (nSPS) is 10.8. The van der Waals surface area contributed by atoms with E-state index in [0.717, 1.165) is 12.1 Å². The highest BCUT2D eigenvalue weighted by molar-refractivity contribution is 5.49. The highest BCUT2D eigenvalue weighted by Gasteiger charge is 2.33. The molecule has 0 aliphatic heterocycles. The Bertz CT molecular complexity index is 506. The van der Waals surface area contributed by atoms with Crippen LogP contribution in [0.2, 0.25) is 0 Å². The minimum absolute atomic E-state index is 0.108. The summed E-state index contributed by atoms with van der Waals surface area (Å²) in [5.41, 5.74) is -1.80. The summed E-state index contributed by atoms with van der Waals surface area (Å²) in [7, 11) is 0. The lowest BCUT2D eigenvalue weighted by Crippen LogP contribution is -2.07. The Hall–Kier alpha value is -2.23. The van der Waals surface area contributed by atoms with E-state index in [1.54, 1.807) is 0 Å². The summed E-state index contributed by atoms with van der Waals surface area (Å²) in [6, 6.07) is 2.14. The lowest BCUT2D eigenvalue weighted by molar-refractivity contribution is -0.386. The Labute approximate surface area is 107 Å². The van der Waals surface area contributed by atoms with Gasteiger partial charge in [0.1, 0.15) is 0 Å². The van der Waals surface area contributed by atoms with Gasteiger partial charge < -0.3 is 4.74 Å². The molecule has 0 bridgehead atoms. The molecular weight excluding hydrogens is 263 g/mol. The van der Waals surface area contributed by atoms with Crippen molar-refractivity contribution in [1.29, 1.82) is 0 Å². The van der Waals surface area contributed by atoms with Crippen LogP contribution < -0.4 is 4.74 Å². The zero-order valence-corrected chi connectivity index (χ0v) is 9.74. The van der Waals surface area contributed by atoms with E-state index >= 15 is 0 Å². The van der Waals surface area contributed by atoms with Crippen LogP contribution in [0.4, 0.5) is 18.9 Å². The molecule has 0 fully saturated rings. The first-order valence-electron chi connectivity index (χ1n) is 5.28. The standard InChI is InChI=1S/C12H10F3NO3/c1-2-3-4-7-19-11-6-5-9(12(13,14)15)8-10(11)16(17)18/h1,5-6,8H,3-4,7H2. The molecule has 1 rings (SSSR count). The summed E-state index contributed by atoms with van der Waals surface area (Å²) in [6.07, 6.45) is 1.27. The molecule has 0 aliphatic carbocycles. The summed E-state index contributed by atoms with van der Waals surface area (Å²) in [5.74, 6) is 2.16. The number of benzene rings is 1. The van der Waals surface area contributed by atoms with Crippen molar-refractivity contribution < 1.29 is 22.8 Å². The van der Waals surface area contributed by atoms with E-state index in [0.29, 0.717) is 18.9 Å². The van der Waals surface area contributed by atoms with Gasteiger partial charge in [-0.1, -0.05) is 0 Å². The Kier molecular flexibility index (Phi) is 4.75. The molecule has 0 aromatic heterocycles. The maximum atomic E-state index is 12.4. The summed E-state index contributed by atoms with van der Waals surface area (Å²) < 4.78 is 42.4. The third-order valence-corrected chi connectivity index (χ3v) is 2.21. The van der Waals surface area contributed by atoms with E-state index in [2.05, 4.69) is 5.92 Å². The summed E-state index contributed by atoms with van der Waals surface area (Å²) in [4.78, 5) is 9.80. The highest BCUT2D eigenvalue weighted by Crippen LogP contribution is 2.36. The molecular formula is C12H10F3NO3. The van der Waals surface area contributed by atoms with Crippen molar-refractivity contribution in [2.24, 2.45) is 0 Å². The van der Waals surface area contributed by atoms with E-state index in [-0.39, 0.29) is 12.4 Å². The van der Waals surface area contributed by atoms with Gasteiger partial charge in [-0.3, -0.25) is 10.1 Å². The molecule has 0 saturated carbocycles. The summed E-state index contributed by atoms with van der Waals surface area (Å²) >= 11 is 0. The second-order valence-electron chi connectivity index (χ2n) is 3.59. The van der Waals surface area contributed by atoms with Gasteiger partial charge in [-0.15, -0.1) is 12.3 Å². The highest BCUT2D eigenvalue weighted by atomic mass is 19.4. The minimum Gasteiger partial charge on any atom is -0.487 e. The first kappa shape index (κ1) is 14.8. The number of halogens is 3. The van der Waals surface area contributed by atoms with Crippen molar-refractivity contribution in [2.75, 3.05) is 6.61 Å². The van der Waals surface area contributed by atoms with Crippen LogP contribution in [0.1, 0.15) is 18.4 Å². The van der Waals surface area contributed by atoms with Crippen molar-refractivity contribution >= 4 is 5.69 Å².